The van der Waals surface area contributed by atoms with Crippen molar-refractivity contribution in [2.75, 3.05) is 7.05 Å². The van der Waals surface area contributed by atoms with E-state index in [9.17, 15) is 0 Å². The lowest BCUT2D eigenvalue weighted by molar-refractivity contribution is 0.505. The molecular formula is C14H23N5. The van der Waals surface area contributed by atoms with E-state index < -0.39 is 0 Å². The minimum absolute atomic E-state index is 0.325. The Labute approximate surface area is 114 Å². The first-order chi connectivity index (χ1) is 9.04. The summed E-state index contributed by atoms with van der Waals surface area (Å²) in [5.74, 6) is 0. The average Bonchev–Trinajstić information content (AvgIpc) is 2.89. The molecule has 5 nitrogen and oxygen atoms in total. The van der Waals surface area contributed by atoms with E-state index in [0.29, 0.717) is 6.04 Å². The standard InChI is InChI=1S/C14H23N5/c1-10-12(11(2)18(4)17-10)6-7-13(15-3)14-8-9-16-19(14)5/h8-9,13,15H,6-7H2,1-5H3. The van der Waals surface area contributed by atoms with Gasteiger partial charge in [-0.1, -0.05) is 0 Å². The number of hydrogen-bond acceptors (Lipinski definition) is 3. The minimum atomic E-state index is 0.325. The number of hydrogen-bond donors (Lipinski definition) is 1. The van der Waals surface area contributed by atoms with Gasteiger partial charge in [-0.25, -0.2) is 0 Å². The zero-order chi connectivity index (χ0) is 14.0. The van der Waals surface area contributed by atoms with Gasteiger partial charge >= 0.3 is 0 Å². The molecule has 0 fully saturated rings. The highest BCUT2D eigenvalue weighted by atomic mass is 15.3. The predicted molar refractivity (Wildman–Crippen MR) is 76.0 cm³/mol. The number of aromatic nitrogens is 4. The first-order valence-electron chi connectivity index (χ1n) is 6.68. The van der Waals surface area contributed by atoms with Gasteiger partial charge in [0.25, 0.3) is 0 Å². The van der Waals surface area contributed by atoms with Crippen LogP contribution in [0.5, 0.6) is 0 Å². The Hall–Kier alpha value is -1.62. The maximum Gasteiger partial charge on any atom is 0.0628 e. The summed E-state index contributed by atoms with van der Waals surface area (Å²) in [6.07, 6.45) is 3.92. The molecule has 2 rings (SSSR count). The van der Waals surface area contributed by atoms with Gasteiger partial charge in [0.2, 0.25) is 0 Å². The molecule has 0 aliphatic heterocycles. The van der Waals surface area contributed by atoms with Gasteiger partial charge in [-0.05, 0) is 45.4 Å². The highest BCUT2D eigenvalue weighted by molar-refractivity contribution is 5.24. The fraction of sp³-hybridized carbons (Fsp3) is 0.571. The maximum atomic E-state index is 4.47. The molecule has 0 saturated carbocycles. The molecule has 0 aliphatic carbocycles. The van der Waals surface area contributed by atoms with Crippen LogP contribution in [0.4, 0.5) is 0 Å². The second-order valence-corrected chi connectivity index (χ2v) is 5.03. The Bertz CT molecular complexity index is 552. The van der Waals surface area contributed by atoms with Crippen LogP contribution < -0.4 is 5.32 Å². The van der Waals surface area contributed by atoms with Crippen LogP contribution in [0.2, 0.25) is 0 Å². The van der Waals surface area contributed by atoms with Gasteiger partial charge in [0.15, 0.2) is 0 Å². The molecule has 1 unspecified atom stereocenters. The van der Waals surface area contributed by atoms with E-state index >= 15 is 0 Å². The van der Waals surface area contributed by atoms with Crippen molar-refractivity contribution in [1.82, 2.24) is 24.9 Å². The molecule has 1 N–H and O–H groups in total. The third kappa shape index (κ3) is 2.71. The monoisotopic (exact) mass is 261 g/mol. The van der Waals surface area contributed by atoms with Crippen LogP contribution in [0.25, 0.3) is 0 Å². The van der Waals surface area contributed by atoms with Crippen molar-refractivity contribution in [2.24, 2.45) is 14.1 Å². The second kappa shape index (κ2) is 5.57. The zero-order valence-corrected chi connectivity index (χ0v) is 12.4. The number of rotatable bonds is 5. The van der Waals surface area contributed by atoms with Crippen LogP contribution in [-0.4, -0.2) is 26.6 Å². The molecule has 1 atom stereocenters. The summed E-state index contributed by atoms with van der Waals surface area (Å²) in [4.78, 5) is 0. The Morgan fingerprint density at radius 2 is 2.00 bits per heavy atom. The lowest BCUT2D eigenvalue weighted by Gasteiger charge is -2.16. The minimum Gasteiger partial charge on any atom is -0.312 e. The molecule has 0 aromatic carbocycles. The molecule has 0 amide bonds. The Kier molecular flexibility index (Phi) is 4.04. The molecule has 0 spiro atoms. The van der Waals surface area contributed by atoms with E-state index in [1.165, 1.54) is 17.0 Å². The summed E-state index contributed by atoms with van der Waals surface area (Å²) < 4.78 is 3.90. The second-order valence-electron chi connectivity index (χ2n) is 5.03. The van der Waals surface area contributed by atoms with Gasteiger partial charge in [0.05, 0.1) is 11.4 Å². The van der Waals surface area contributed by atoms with Crippen molar-refractivity contribution < 1.29 is 0 Å². The van der Waals surface area contributed by atoms with Crippen molar-refractivity contribution in [3.05, 3.63) is 34.9 Å². The van der Waals surface area contributed by atoms with E-state index in [1.54, 1.807) is 0 Å². The molecule has 19 heavy (non-hydrogen) atoms. The predicted octanol–water partition coefficient (Wildman–Crippen LogP) is 1.66. The summed E-state index contributed by atoms with van der Waals surface area (Å²) in [5.41, 5.74) is 4.99. The Balaban J connectivity index is 2.11. The topological polar surface area (TPSA) is 47.7 Å². The highest BCUT2D eigenvalue weighted by Gasteiger charge is 2.15. The number of nitrogens with zero attached hydrogens (tertiary/aromatic N) is 4. The van der Waals surface area contributed by atoms with Gasteiger partial charge in [-0.15, -0.1) is 0 Å². The normalized spacial score (nSPS) is 12.9. The van der Waals surface area contributed by atoms with Crippen molar-refractivity contribution in [1.29, 1.82) is 0 Å². The Morgan fingerprint density at radius 3 is 2.47 bits per heavy atom. The van der Waals surface area contributed by atoms with E-state index in [0.717, 1.165) is 18.5 Å². The smallest absolute Gasteiger partial charge is 0.0628 e. The van der Waals surface area contributed by atoms with E-state index in [2.05, 4.69) is 35.4 Å². The van der Waals surface area contributed by atoms with Crippen molar-refractivity contribution >= 4 is 0 Å². The fourth-order valence-electron chi connectivity index (χ4n) is 2.63. The first-order valence-corrected chi connectivity index (χ1v) is 6.68. The van der Waals surface area contributed by atoms with Crippen LogP contribution in [0.1, 0.15) is 35.1 Å². The zero-order valence-electron chi connectivity index (χ0n) is 12.4. The third-order valence-corrected chi connectivity index (χ3v) is 3.91. The van der Waals surface area contributed by atoms with Crippen LogP contribution >= 0.6 is 0 Å². The maximum absolute atomic E-state index is 4.47. The number of aryl methyl sites for hydroxylation is 3. The lowest BCUT2D eigenvalue weighted by atomic mass is 10.0. The number of nitrogens with one attached hydrogen (secondary N) is 1. The van der Waals surface area contributed by atoms with Gasteiger partial charge < -0.3 is 5.32 Å². The van der Waals surface area contributed by atoms with Crippen LogP contribution in [-0.2, 0) is 20.5 Å². The molecule has 2 aromatic rings. The summed E-state index contributed by atoms with van der Waals surface area (Å²) in [6.45, 7) is 4.22. The molecule has 0 saturated heterocycles. The molecule has 5 heteroatoms. The third-order valence-electron chi connectivity index (χ3n) is 3.91. The van der Waals surface area contributed by atoms with Crippen molar-refractivity contribution in [3.63, 3.8) is 0 Å². The molecule has 0 bridgehead atoms. The molecule has 2 heterocycles. The van der Waals surface area contributed by atoms with E-state index in [1.807, 2.05) is 36.7 Å². The van der Waals surface area contributed by atoms with E-state index in [4.69, 9.17) is 0 Å². The summed E-state index contributed by atoms with van der Waals surface area (Å²) in [6, 6.07) is 2.40. The fourth-order valence-corrected chi connectivity index (χ4v) is 2.63. The summed E-state index contributed by atoms with van der Waals surface area (Å²) in [5, 5.41) is 12.1. The van der Waals surface area contributed by atoms with Crippen molar-refractivity contribution in [3.8, 4) is 0 Å². The molecule has 0 radical (unpaired) electrons. The molecule has 104 valence electrons. The average molecular weight is 261 g/mol. The largest absolute Gasteiger partial charge is 0.312 e. The first kappa shape index (κ1) is 13.8. The lowest BCUT2D eigenvalue weighted by Crippen LogP contribution is -2.20. The summed E-state index contributed by atoms with van der Waals surface area (Å²) in [7, 11) is 5.99. The molecule has 0 aliphatic rings. The SMILES string of the molecule is CNC(CCc1c(C)nn(C)c1C)c1ccnn1C. The van der Waals surface area contributed by atoms with Crippen LogP contribution in [0.3, 0.4) is 0 Å². The molecule has 2 aromatic heterocycles. The Morgan fingerprint density at radius 1 is 1.26 bits per heavy atom. The highest BCUT2D eigenvalue weighted by Crippen LogP contribution is 2.21. The van der Waals surface area contributed by atoms with Gasteiger partial charge in [0.1, 0.15) is 0 Å². The summed E-state index contributed by atoms with van der Waals surface area (Å²) >= 11 is 0. The quantitative estimate of drug-likeness (QED) is 0.890. The van der Waals surface area contributed by atoms with Crippen LogP contribution in [0, 0.1) is 13.8 Å². The van der Waals surface area contributed by atoms with Gasteiger partial charge in [-0.2, -0.15) is 10.2 Å². The van der Waals surface area contributed by atoms with Crippen LogP contribution in [0.15, 0.2) is 12.3 Å². The van der Waals surface area contributed by atoms with E-state index in [-0.39, 0.29) is 0 Å². The van der Waals surface area contributed by atoms with Crippen molar-refractivity contribution in [2.45, 2.75) is 32.7 Å². The van der Waals surface area contributed by atoms with Gasteiger partial charge in [0, 0.05) is 32.0 Å². The molecular weight excluding hydrogens is 238 g/mol. The van der Waals surface area contributed by atoms with Gasteiger partial charge in [-0.3, -0.25) is 9.36 Å².